The molecule has 0 atom stereocenters. The first-order chi connectivity index (χ1) is 13.0. The molecule has 27 heavy (non-hydrogen) atoms. The van der Waals surface area contributed by atoms with Crippen molar-refractivity contribution in [2.75, 3.05) is 0 Å². The van der Waals surface area contributed by atoms with Gasteiger partial charge < -0.3 is 4.57 Å². The minimum Gasteiger partial charge on any atom is -0.347 e. The molecule has 0 unspecified atom stereocenters. The first-order valence-corrected chi connectivity index (χ1v) is 12.4. The van der Waals surface area contributed by atoms with Crippen molar-refractivity contribution in [1.29, 1.82) is 0 Å². The van der Waals surface area contributed by atoms with E-state index in [0.29, 0.717) is 5.56 Å². The van der Waals surface area contributed by atoms with Gasteiger partial charge in [0.05, 0.1) is 11.2 Å². The number of carbonyl (C=O) groups is 1. The maximum Gasteiger partial charge on any atom is 0.210 e. The van der Waals surface area contributed by atoms with E-state index in [1.54, 1.807) is 6.20 Å². The Kier molecular flexibility index (Phi) is 4.50. The number of para-hydroxylation sites is 1. The molecule has 4 heteroatoms. The molecule has 0 aliphatic heterocycles. The standard InChI is InChI=1S/C23H22N2OSi/c1-27(2,20-10-4-3-5-11-20)17-25-14-8-13-22(25)23(26)19-15-18-9-6-7-12-21(18)24-16-19/h3-16H,17H2,1-2H3. The van der Waals surface area contributed by atoms with Crippen LogP contribution in [0.1, 0.15) is 16.1 Å². The maximum atomic E-state index is 13.1. The summed E-state index contributed by atoms with van der Waals surface area (Å²) in [6.07, 6.45) is 4.56. The summed E-state index contributed by atoms with van der Waals surface area (Å²) in [6, 6.07) is 24.3. The Labute approximate surface area is 160 Å². The second-order valence-electron chi connectivity index (χ2n) is 7.52. The SMILES string of the molecule is C[Si](C)(Cn1cccc1C(=O)c1cnc2ccccc2c1)c1ccccc1. The van der Waals surface area contributed by atoms with E-state index in [4.69, 9.17) is 0 Å². The zero-order valence-corrected chi connectivity index (χ0v) is 16.6. The summed E-state index contributed by atoms with van der Waals surface area (Å²) in [5.41, 5.74) is 2.26. The molecule has 0 bridgehead atoms. The lowest BCUT2D eigenvalue weighted by atomic mass is 10.1. The molecule has 0 saturated heterocycles. The van der Waals surface area contributed by atoms with E-state index in [9.17, 15) is 4.79 Å². The van der Waals surface area contributed by atoms with E-state index >= 15 is 0 Å². The quantitative estimate of drug-likeness (QED) is 0.385. The van der Waals surface area contributed by atoms with E-state index in [2.05, 4.69) is 46.9 Å². The topological polar surface area (TPSA) is 34.9 Å². The fourth-order valence-electron chi connectivity index (χ4n) is 3.51. The number of pyridine rings is 1. The third-order valence-electron chi connectivity index (χ3n) is 5.04. The number of hydrogen-bond donors (Lipinski definition) is 0. The van der Waals surface area contributed by atoms with Crippen molar-refractivity contribution in [3.05, 3.63) is 96.4 Å². The van der Waals surface area contributed by atoms with Crippen molar-refractivity contribution >= 4 is 29.9 Å². The van der Waals surface area contributed by atoms with Gasteiger partial charge in [0.1, 0.15) is 8.07 Å². The fourth-order valence-corrected chi connectivity index (χ4v) is 5.91. The van der Waals surface area contributed by atoms with Crippen LogP contribution in [0.25, 0.3) is 10.9 Å². The Morgan fingerprint density at radius 2 is 1.70 bits per heavy atom. The fraction of sp³-hybridized carbons (Fsp3) is 0.130. The first-order valence-electron chi connectivity index (χ1n) is 9.15. The highest BCUT2D eigenvalue weighted by Crippen LogP contribution is 2.18. The average molecular weight is 371 g/mol. The van der Waals surface area contributed by atoms with Crippen LogP contribution in [0.3, 0.4) is 0 Å². The van der Waals surface area contributed by atoms with Gasteiger partial charge >= 0.3 is 0 Å². The van der Waals surface area contributed by atoms with Crippen molar-refractivity contribution in [2.45, 2.75) is 19.3 Å². The molecule has 4 aromatic rings. The predicted octanol–water partition coefficient (Wildman–Crippen LogP) is 4.42. The van der Waals surface area contributed by atoms with Gasteiger partial charge in [0.15, 0.2) is 0 Å². The largest absolute Gasteiger partial charge is 0.347 e. The number of fused-ring (bicyclic) bond motifs is 1. The van der Waals surface area contributed by atoms with Crippen LogP contribution in [0.15, 0.2) is 85.2 Å². The lowest BCUT2D eigenvalue weighted by Gasteiger charge is -2.24. The molecule has 0 N–H and O–H groups in total. The molecule has 0 spiro atoms. The number of aromatic nitrogens is 2. The highest BCUT2D eigenvalue weighted by molar-refractivity contribution is 6.88. The monoisotopic (exact) mass is 370 g/mol. The van der Waals surface area contributed by atoms with Gasteiger partial charge in [-0.1, -0.05) is 66.8 Å². The first kappa shape index (κ1) is 17.4. The number of nitrogens with zero attached hydrogens (tertiary/aromatic N) is 2. The Bertz CT molecular complexity index is 1100. The van der Waals surface area contributed by atoms with Crippen LogP contribution >= 0.6 is 0 Å². The van der Waals surface area contributed by atoms with Gasteiger partial charge in [-0.05, 0) is 24.3 Å². The molecule has 2 aromatic heterocycles. The van der Waals surface area contributed by atoms with Crippen molar-refractivity contribution in [3.8, 4) is 0 Å². The summed E-state index contributed by atoms with van der Waals surface area (Å²) in [4.78, 5) is 17.6. The molecule has 2 aromatic carbocycles. The second-order valence-corrected chi connectivity index (χ2v) is 12.2. The Balaban J connectivity index is 1.65. The molecule has 0 saturated carbocycles. The van der Waals surface area contributed by atoms with Crippen LogP contribution in [0.2, 0.25) is 13.1 Å². The average Bonchev–Trinajstić information content (AvgIpc) is 3.15. The summed E-state index contributed by atoms with van der Waals surface area (Å²) in [5.74, 6) is 0.0242. The van der Waals surface area contributed by atoms with E-state index < -0.39 is 8.07 Å². The molecule has 4 rings (SSSR count). The smallest absolute Gasteiger partial charge is 0.210 e. The number of rotatable bonds is 5. The van der Waals surface area contributed by atoms with Gasteiger partial charge in [0.25, 0.3) is 0 Å². The highest BCUT2D eigenvalue weighted by atomic mass is 28.3. The molecule has 0 amide bonds. The third kappa shape index (κ3) is 3.48. The lowest BCUT2D eigenvalue weighted by molar-refractivity contribution is 0.103. The molecule has 0 radical (unpaired) electrons. The maximum absolute atomic E-state index is 13.1. The summed E-state index contributed by atoms with van der Waals surface area (Å²) in [6.45, 7) is 4.68. The molecule has 0 fully saturated rings. The second kappa shape index (κ2) is 6.97. The van der Waals surface area contributed by atoms with E-state index in [1.165, 1.54) is 5.19 Å². The van der Waals surface area contributed by atoms with Crippen molar-refractivity contribution in [2.24, 2.45) is 0 Å². The minimum absolute atomic E-state index is 0.0242. The molecular weight excluding hydrogens is 348 g/mol. The highest BCUT2D eigenvalue weighted by Gasteiger charge is 2.26. The third-order valence-corrected chi connectivity index (χ3v) is 8.06. The van der Waals surface area contributed by atoms with Crippen LogP contribution in [-0.4, -0.2) is 23.4 Å². The van der Waals surface area contributed by atoms with E-state index in [-0.39, 0.29) is 5.78 Å². The molecule has 0 aliphatic carbocycles. The number of hydrogen-bond acceptors (Lipinski definition) is 2. The van der Waals surface area contributed by atoms with Crippen LogP contribution in [0.4, 0.5) is 0 Å². The Hall–Kier alpha value is -2.98. The normalized spacial score (nSPS) is 11.6. The van der Waals surface area contributed by atoms with Crippen molar-refractivity contribution in [3.63, 3.8) is 0 Å². The summed E-state index contributed by atoms with van der Waals surface area (Å²) in [5, 5.41) is 2.38. The Morgan fingerprint density at radius 3 is 2.52 bits per heavy atom. The number of ketones is 1. The lowest BCUT2D eigenvalue weighted by Crippen LogP contribution is -2.46. The summed E-state index contributed by atoms with van der Waals surface area (Å²) in [7, 11) is -1.71. The number of benzene rings is 2. The van der Waals surface area contributed by atoms with Crippen molar-refractivity contribution in [1.82, 2.24) is 9.55 Å². The van der Waals surface area contributed by atoms with E-state index in [0.717, 1.165) is 22.8 Å². The van der Waals surface area contributed by atoms with Gasteiger partial charge in [-0.3, -0.25) is 9.78 Å². The molecule has 2 heterocycles. The van der Waals surface area contributed by atoms with Gasteiger partial charge in [0, 0.05) is 29.5 Å². The Morgan fingerprint density at radius 1 is 0.963 bits per heavy atom. The zero-order chi connectivity index (χ0) is 18.9. The minimum atomic E-state index is -1.71. The molecular formula is C23H22N2OSi. The van der Waals surface area contributed by atoms with Gasteiger partial charge in [0.2, 0.25) is 5.78 Å². The van der Waals surface area contributed by atoms with Crippen LogP contribution in [0.5, 0.6) is 0 Å². The van der Waals surface area contributed by atoms with Crippen LogP contribution in [0, 0.1) is 0 Å². The zero-order valence-electron chi connectivity index (χ0n) is 15.6. The summed E-state index contributed by atoms with van der Waals surface area (Å²) < 4.78 is 2.11. The summed E-state index contributed by atoms with van der Waals surface area (Å²) >= 11 is 0. The van der Waals surface area contributed by atoms with E-state index in [1.807, 2.05) is 54.7 Å². The van der Waals surface area contributed by atoms with Gasteiger partial charge in [-0.25, -0.2) is 0 Å². The van der Waals surface area contributed by atoms with Crippen LogP contribution in [-0.2, 0) is 6.17 Å². The van der Waals surface area contributed by atoms with Gasteiger partial charge in [-0.2, -0.15) is 0 Å². The van der Waals surface area contributed by atoms with Crippen molar-refractivity contribution < 1.29 is 4.79 Å². The predicted molar refractivity (Wildman–Crippen MR) is 113 cm³/mol. The molecule has 3 nitrogen and oxygen atoms in total. The molecule has 134 valence electrons. The van der Waals surface area contributed by atoms with Crippen LogP contribution < -0.4 is 5.19 Å². The molecule has 0 aliphatic rings. The van der Waals surface area contributed by atoms with Gasteiger partial charge in [-0.15, -0.1) is 0 Å². The number of carbonyl (C=O) groups excluding carboxylic acids is 1.